The van der Waals surface area contributed by atoms with Crippen LogP contribution in [0.25, 0.3) is 0 Å². The van der Waals surface area contributed by atoms with E-state index in [2.05, 4.69) is 11.5 Å². The lowest BCUT2D eigenvalue weighted by Crippen LogP contribution is -2.39. The Balaban J connectivity index is 1.91. The molecule has 0 radical (unpaired) electrons. The lowest BCUT2D eigenvalue weighted by molar-refractivity contribution is 0.229. The predicted octanol–water partition coefficient (Wildman–Crippen LogP) is 2.10. The van der Waals surface area contributed by atoms with Crippen molar-refractivity contribution in [2.24, 2.45) is 0 Å². The molecule has 2 saturated heterocycles. The van der Waals surface area contributed by atoms with Crippen molar-refractivity contribution in [2.45, 2.75) is 25.3 Å². The van der Waals surface area contributed by atoms with Gasteiger partial charge in [-0.2, -0.15) is 0 Å². The molecule has 2 fully saturated rings. The molecule has 0 spiro atoms. The van der Waals surface area contributed by atoms with Gasteiger partial charge in [0.25, 0.3) is 0 Å². The van der Waals surface area contributed by atoms with Gasteiger partial charge < -0.3 is 17.8 Å². The fraction of sp³-hybridized carbons (Fsp3) is 0.818. The van der Waals surface area contributed by atoms with Crippen LogP contribution in [-0.4, -0.2) is 55.5 Å². The Morgan fingerprint density at radius 2 is 1.88 bits per heavy atom. The maximum absolute atomic E-state index is 12.5. The van der Waals surface area contributed by atoms with Crippen molar-refractivity contribution >= 4 is 6.98 Å². The second-order valence-electron chi connectivity index (χ2n) is 5.15. The zero-order chi connectivity index (χ0) is 12.5. The Bertz CT molecular complexity index is 293. The molecule has 2 aliphatic rings. The largest absolute Gasteiger partial charge is 0.506 e. The third-order valence-electron chi connectivity index (χ3n) is 3.78. The van der Waals surface area contributed by atoms with Gasteiger partial charge in [0.05, 0.1) is 0 Å². The molecule has 0 bridgehead atoms. The zero-order valence-corrected chi connectivity index (χ0v) is 10.0. The number of fused-ring (bicyclic) bond motifs is 1. The molecule has 2 rings (SSSR count). The lowest BCUT2D eigenvalue weighted by Gasteiger charge is -2.29. The van der Waals surface area contributed by atoms with Gasteiger partial charge in [0, 0.05) is 12.6 Å². The van der Waals surface area contributed by atoms with Gasteiger partial charge >= 0.3 is 6.98 Å². The van der Waals surface area contributed by atoms with Gasteiger partial charge in [0.15, 0.2) is 0 Å². The Labute approximate surface area is 101 Å². The van der Waals surface area contributed by atoms with Crippen LogP contribution in [0.3, 0.4) is 0 Å². The summed E-state index contributed by atoms with van der Waals surface area (Å²) in [6, 6.07) is 0.464. The highest BCUT2D eigenvalue weighted by Gasteiger charge is 2.31. The molecule has 2 aliphatic heterocycles. The Kier molecular flexibility index (Phi) is 3.83. The van der Waals surface area contributed by atoms with Gasteiger partial charge in [-0.15, -0.1) is 12.1 Å². The molecule has 0 amide bonds. The molecule has 2 heterocycles. The molecular weight excluding hydrogens is 228 g/mol. The van der Waals surface area contributed by atoms with Gasteiger partial charge in [-0.25, -0.2) is 0 Å². The van der Waals surface area contributed by atoms with Crippen LogP contribution in [0.15, 0.2) is 12.1 Å². The normalized spacial score (nSPS) is 27.8. The van der Waals surface area contributed by atoms with E-state index in [0.29, 0.717) is 6.04 Å². The van der Waals surface area contributed by atoms with E-state index in [9.17, 15) is 12.9 Å². The van der Waals surface area contributed by atoms with Crippen molar-refractivity contribution in [2.75, 3.05) is 32.7 Å². The summed E-state index contributed by atoms with van der Waals surface area (Å²) in [5.41, 5.74) is -0.559. The topological polar surface area (TPSA) is 6.48 Å². The average Bonchev–Trinajstić information content (AvgIpc) is 2.56. The fourth-order valence-electron chi connectivity index (χ4n) is 2.82. The van der Waals surface area contributed by atoms with Crippen LogP contribution in [-0.2, 0) is 0 Å². The zero-order valence-electron chi connectivity index (χ0n) is 10.0. The van der Waals surface area contributed by atoms with E-state index in [4.69, 9.17) is 0 Å². The fourth-order valence-corrected chi connectivity index (χ4v) is 2.82. The van der Waals surface area contributed by atoms with Gasteiger partial charge in [0.2, 0.25) is 0 Å². The predicted molar refractivity (Wildman–Crippen MR) is 63.9 cm³/mol. The average molecular weight is 247 g/mol. The summed E-state index contributed by atoms with van der Waals surface area (Å²) < 4.78 is 37.5. The minimum absolute atomic E-state index is 0.00611. The molecule has 1 atom stereocenters. The quantitative estimate of drug-likeness (QED) is 0.704. The van der Waals surface area contributed by atoms with Crippen molar-refractivity contribution in [3.8, 4) is 0 Å². The van der Waals surface area contributed by atoms with E-state index < -0.39 is 12.4 Å². The van der Waals surface area contributed by atoms with Crippen molar-refractivity contribution < 1.29 is 12.9 Å². The minimum Gasteiger partial charge on any atom is -0.445 e. The number of nitrogens with zero attached hydrogens (tertiary/aromatic N) is 2. The standard InChI is InChI=1S/C11H19BF3N2/c1-10(12(13,14)15)8-16-5-3-7-17-6-2-4-11(17)9-16/h11H,1-9H2/q-1. The third kappa shape index (κ3) is 3.25. The lowest BCUT2D eigenvalue weighted by atomic mass is 9.80. The van der Waals surface area contributed by atoms with E-state index >= 15 is 0 Å². The summed E-state index contributed by atoms with van der Waals surface area (Å²) in [5.74, 6) is 0. The van der Waals surface area contributed by atoms with E-state index in [1.165, 1.54) is 6.42 Å². The van der Waals surface area contributed by atoms with Crippen LogP contribution < -0.4 is 0 Å². The molecule has 0 saturated carbocycles. The van der Waals surface area contributed by atoms with Crippen molar-refractivity contribution in [1.82, 2.24) is 9.80 Å². The van der Waals surface area contributed by atoms with E-state index in [0.717, 1.165) is 39.0 Å². The molecule has 0 aromatic rings. The summed E-state index contributed by atoms with van der Waals surface area (Å²) >= 11 is 0. The van der Waals surface area contributed by atoms with Gasteiger partial charge in [-0.3, -0.25) is 4.90 Å². The second kappa shape index (κ2) is 5.02. The first-order valence-corrected chi connectivity index (χ1v) is 6.31. The van der Waals surface area contributed by atoms with Gasteiger partial charge in [-0.1, -0.05) is 0 Å². The number of halogens is 3. The van der Waals surface area contributed by atoms with Crippen LogP contribution in [0.1, 0.15) is 19.3 Å². The first kappa shape index (κ1) is 13.0. The van der Waals surface area contributed by atoms with Gasteiger partial charge in [0.1, 0.15) is 0 Å². The maximum Gasteiger partial charge on any atom is 0.506 e. The molecule has 2 nitrogen and oxygen atoms in total. The Morgan fingerprint density at radius 3 is 2.59 bits per heavy atom. The third-order valence-corrected chi connectivity index (χ3v) is 3.78. The summed E-state index contributed by atoms with van der Waals surface area (Å²) in [5, 5.41) is 0. The Hall–Kier alpha value is -0.485. The maximum atomic E-state index is 12.5. The molecule has 0 aromatic heterocycles. The molecule has 1 unspecified atom stereocenters. The summed E-state index contributed by atoms with van der Waals surface area (Å²) in [6.07, 6.45) is 3.28. The highest BCUT2D eigenvalue weighted by atomic mass is 19.4. The van der Waals surface area contributed by atoms with Crippen molar-refractivity contribution in [3.63, 3.8) is 0 Å². The molecular formula is C11H19BF3N2-. The molecule has 98 valence electrons. The van der Waals surface area contributed by atoms with E-state index in [1.807, 2.05) is 4.90 Å². The number of hydrogen-bond donors (Lipinski definition) is 0. The van der Waals surface area contributed by atoms with Crippen LogP contribution >= 0.6 is 0 Å². The SMILES string of the molecule is C=C(CN1CCCN2CCCC2C1)[B-](F)(F)F. The van der Waals surface area contributed by atoms with E-state index in [-0.39, 0.29) is 6.54 Å². The smallest absolute Gasteiger partial charge is 0.445 e. The summed E-state index contributed by atoms with van der Waals surface area (Å²) in [6.45, 7) is 1.98. The summed E-state index contributed by atoms with van der Waals surface area (Å²) in [7, 11) is 0. The minimum atomic E-state index is -4.88. The van der Waals surface area contributed by atoms with Gasteiger partial charge in [-0.05, 0) is 45.4 Å². The van der Waals surface area contributed by atoms with Crippen LogP contribution in [0.5, 0.6) is 0 Å². The monoisotopic (exact) mass is 247 g/mol. The molecule has 0 aliphatic carbocycles. The summed E-state index contributed by atoms with van der Waals surface area (Å²) in [4.78, 5) is 4.34. The number of hydrogen-bond acceptors (Lipinski definition) is 2. The highest BCUT2D eigenvalue weighted by molar-refractivity contribution is 6.66. The molecule has 6 heteroatoms. The van der Waals surface area contributed by atoms with E-state index in [1.54, 1.807) is 0 Å². The first-order chi connectivity index (χ1) is 7.97. The second-order valence-corrected chi connectivity index (χ2v) is 5.15. The molecule has 17 heavy (non-hydrogen) atoms. The Morgan fingerprint density at radius 1 is 1.18 bits per heavy atom. The van der Waals surface area contributed by atoms with Crippen molar-refractivity contribution in [3.05, 3.63) is 12.1 Å². The molecule has 0 aromatic carbocycles. The first-order valence-electron chi connectivity index (χ1n) is 6.31. The van der Waals surface area contributed by atoms with Crippen LogP contribution in [0, 0.1) is 0 Å². The van der Waals surface area contributed by atoms with Crippen molar-refractivity contribution in [1.29, 1.82) is 0 Å². The van der Waals surface area contributed by atoms with Crippen LogP contribution in [0.2, 0.25) is 0 Å². The molecule has 0 N–H and O–H groups in total. The van der Waals surface area contributed by atoms with Crippen LogP contribution in [0.4, 0.5) is 12.9 Å². The highest BCUT2D eigenvalue weighted by Crippen LogP contribution is 2.24. The number of rotatable bonds is 3.